The van der Waals surface area contributed by atoms with Crippen molar-refractivity contribution in [2.24, 2.45) is 17.8 Å². The topological polar surface area (TPSA) is 52.6 Å². The fourth-order valence-corrected chi connectivity index (χ4v) is 4.69. The molecule has 1 atom stereocenters. The van der Waals surface area contributed by atoms with Crippen LogP contribution in [0.15, 0.2) is 0 Å². The van der Waals surface area contributed by atoms with Gasteiger partial charge in [0.2, 0.25) is 0 Å². The smallest absolute Gasteiger partial charge is 0.308 e. The van der Waals surface area contributed by atoms with Crippen molar-refractivity contribution < 1.29 is 19.1 Å². The number of esters is 2. The number of unbranched alkanes of at least 4 members (excludes halogenated alkanes) is 14. The highest BCUT2D eigenvalue weighted by Crippen LogP contribution is 2.16. The van der Waals surface area contributed by atoms with Crippen LogP contribution in [0, 0.1) is 17.8 Å². The quantitative estimate of drug-likeness (QED) is 0.0792. The summed E-state index contributed by atoms with van der Waals surface area (Å²) in [5, 5.41) is 0. The summed E-state index contributed by atoms with van der Waals surface area (Å²) in [5.74, 6) is 1.39. The summed E-state index contributed by atoms with van der Waals surface area (Å²) in [6.07, 6.45) is 25.0. The molecule has 0 aliphatic heterocycles. The lowest BCUT2D eigenvalue weighted by molar-refractivity contribution is -0.148. The van der Waals surface area contributed by atoms with Crippen LogP contribution in [0.4, 0.5) is 0 Å². The first-order chi connectivity index (χ1) is 17.8. The molecule has 0 bridgehead atoms. The Morgan fingerprint density at radius 2 is 0.838 bits per heavy atom. The van der Waals surface area contributed by atoms with Gasteiger partial charge in [-0.15, -0.1) is 0 Å². The van der Waals surface area contributed by atoms with Gasteiger partial charge >= 0.3 is 11.9 Å². The molecule has 0 aromatic heterocycles. The Labute approximate surface area is 231 Å². The van der Waals surface area contributed by atoms with E-state index in [0.29, 0.717) is 31.5 Å². The van der Waals surface area contributed by atoms with Crippen LogP contribution in [-0.2, 0) is 19.1 Å². The molecule has 4 nitrogen and oxygen atoms in total. The maximum absolute atomic E-state index is 12.0. The van der Waals surface area contributed by atoms with E-state index in [1.54, 1.807) is 0 Å². The van der Waals surface area contributed by atoms with Crippen LogP contribution >= 0.6 is 0 Å². The first-order valence-electron chi connectivity index (χ1n) is 16.1. The number of hydrogen-bond donors (Lipinski definition) is 0. The predicted molar refractivity (Wildman–Crippen MR) is 158 cm³/mol. The molecule has 0 N–H and O–H groups in total. The summed E-state index contributed by atoms with van der Waals surface area (Å²) < 4.78 is 10.7. The van der Waals surface area contributed by atoms with E-state index in [1.807, 2.05) is 6.92 Å². The second-order valence-electron chi connectivity index (χ2n) is 12.2. The SMILES string of the molecule is CC(C)CCCOC(=O)CCCCCCCCCCCCCCCCCC(C)C(=O)OCCCC(C)C. The Morgan fingerprint density at radius 3 is 1.27 bits per heavy atom. The molecule has 0 rings (SSSR count). The van der Waals surface area contributed by atoms with Gasteiger partial charge in [0.1, 0.15) is 0 Å². The summed E-state index contributed by atoms with van der Waals surface area (Å²) in [6, 6.07) is 0. The van der Waals surface area contributed by atoms with E-state index >= 15 is 0 Å². The number of carbonyl (C=O) groups is 2. The number of carbonyl (C=O) groups excluding carboxylic acids is 2. The summed E-state index contributed by atoms with van der Waals surface area (Å²) in [4.78, 5) is 23.7. The Bertz CT molecular complexity index is 514. The second-order valence-corrected chi connectivity index (χ2v) is 12.2. The summed E-state index contributed by atoms with van der Waals surface area (Å²) >= 11 is 0. The molecule has 0 heterocycles. The average Bonchev–Trinajstić information content (AvgIpc) is 2.85. The zero-order valence-corrected chi connectivity index (χ0v) is 25.6. The normalized spacial score (nSPS) is 12.3. The van der Waals surface area contributed by atoms with Crippen molar-refractivity contribution in [1.82, 2.24) is 0 Å². The fraction of sp³-hybridized carbons (Fsp3) is 0.939. The highest BCUT2D eigenvalue weighted by atomic mass is 16.5. The highest BCUT2D eigenvalue weighted by Gasteiger charge is 2.13. The zero-order chi connectivity index (χ0) is 27.6. The number of hydrogen-bond acceptors (Lipinski definition) is 4. The lowest BCUT2D eigenvalue weighted by Gasteiger charge is -2.12. The van der Waals surface area contributed by atoms with Gasteiger partial charge in [-0.3, -0.25) is 9.59 Å². The highest BCUT2D eigenvalue weighted by molar-refractivity contribution is 5.71. The summed E-state index contributed by atoms with van der Waals surface area (Å²) in [7, 11) is 0. The van der Waals surface area contributed by atoms with Gasteiger partial charge in [0, 0.05) is 6.42 Å². The van der Waals surface area contributed by atoms with Crippen molar-refractivity contribution in [3.63, 3.8) is 0 Å². The molecule has 1 unspecified atom stereocenters. The van der Waals surface area contributed by atoms with E-state index in [9.17, 15) is 9.59 Å². The third kappa shape index (κ3) is 27.8. The summed E-state index contributed by atoms with van der Waals surface area (Å²) in [6.45, 7) is 12.0. The maximum Gasteiger partial charge on any atom is 0.308 e. The van der Waals surface area contributed by atoms with Crippen LogP contribution < -0.4 is 0 Å². The minimum absolute atomic E-state index is 0.00593. The van der Waals surface area contributed by atoms with E-state index in [2.05, 4.69) is 27.7 Å². The maximum atomic E-state index is 12.0. The first kappa shape index (κ1) is 35.9. The molecule has 0 fully saturated rings. The fourth-order valence-electron chi connectivity index (χ4n) is 4.69. The van der Waals surface area contributed by atoms with E-state index in [1.165, 1.54) is 77.0 Å². The van der Waals surface area contributed by atoms with Crippen LogP contribution in [0.1, 0.15) is 169 Å². The monoisotopic (exact) mass is 524 g/mol. The molecule has 0 saturated heterocycles. The van der Waals surface area contributed by atoms with Gasteiger partial charge < -0.3 is 9.47 Å². The van der Waals surface area contributed by atoms with Gasteiger partial charge in [-0.2, -0.15) is 0 Å². The van der Waals surface area contributed by atoms with Gasteiger partial charge in [-0.25, -0.2) is 0 Å². The van der Waals surface area contributed by atoms with Crippen LogP contribution in [0.3, 0.4) is 0 Å². The van der Waals surface area contributed by atoms with Crippen LogP contribution in [0.25, 0.3) is 0 Å². The molecular formula is C33H64O4. The largest absolute Gasteiger partial charge is 0.466 e. The number of ether oxygens (including phenoxy) is 2. The van der Waals surface area contributed by atoms with Gasteiger partial charge in [-0.1, -0.05) is 125 Å². The Hall–Kier alpha value is -1.06. The Balaban J connectivity index is 3.28. The third-order valence-electron chi connectivity index (χ3n) is 7.28. The Morgan fingerprint density at radius 1 is 0.459 bits per heavy atom. The van der Waals surface area contributed by atoms with Crippen LogP contribution in [0.5, 0.6) is 0 Å². The average molecular weight is 525 g/mol. The molecule has 0 saturated carbocycles. The third-order valence-corrected chi connectivity index (χ3v) is 7.28. The molecule has 0 radical (unpaired) electrons. The van der Waals surface area contributed by atoms with Crippen molar-refractivity contribution in [2.75, 3.05) is 13.2 Å². The Kier molecular flexibility index (Phi) is 25.8. The lowest BCUT2D eigenvalue weighted by atomic mass is 10.0. The van der Waals surface area contributed by atoms with Crippen molar-refractivity contribution in [1.29, 1.82) is 0 Å². The summed E-state index contributed by atoms with van der Waals surface area (Å²) in [5.41, 5.74) is 0. The van der Waals surface area contributed by atoms with E-state index in [4.69, 9.17) is 9.47 Å². The lowest BCUT2D eigenvalue weighted by Crippen LogP contribution is -2.15. The minimum Gasteiger partial charge on any atom is -0.466 e. The van der Waals surface area contributed by atoms with Crippen molar-refractivity contribution in [3.05, 3.63) is 0 Å². The molecule has 0 aromatic rings. The molecule has 0 aliphatic carbocycles. The first-order valence-corrected chi connectivity index (χ1v) is 16.1. The van der Waals surface area contributed by atoms with E-state index in [-0.39, 0.29) is 17.9 Å². The zero-order valence-electron chi connectivity index (χ0n) is 25.6. The van der Waals surface area contributed by atoms with Gasteiger partial charge in [0.25, 0.3) is 0 Å². The number of rotatable bonds is 27. The molecule has 37 heavy (non-hydrogen) atoms. The van der Waals surface area contributed by atoms with Crippen molar-refractivity contribution >= 4 is 11.9 Å². The van der Waals surface area contributed by atoms with Gasteiger partial charge in [0.15, 0.2) is 0 Å². The minimum atomic E-state index is -0.0109. The van der Waals surface area contributed by atoms with Crippen LogP contribution in [0.2, 0.25) is 0 Å². The molecule has 220 valence electrons. The molecule has 0 amide bonds. The standard InChI is InChI=1S/C33H64O4/c1-29(2)23-21-27-36-32(34)26-20-18-16-14-12-10-8-6-7-9-11-13-15-17-19-25-31(5)33(35)37-28-22-24-30(3)4/h29-31H,6-28H2,1-5H3. The molecular weight excluding hydrogens is 460 g/mol. The van der Waals surface area contributed by atoms with E-state index in [0.717, 1.165) is 51.4 Å². The van der Waals surface area contributed by atoms with Gasteiger partial charge in [0.05, 0.1) is 19.1 Å². The molecule has 0 aromatic carbocycles. The van der Waals surface area contributed by atoms with E-state index < -0.39 is 0 Å². The second kappa shape index (κ2) is 26.5. The van der Waals surface area contributed by atoms with Crippen molar-refractivity contribution in [2.45, 2.75) is 169 Å². The molecule has 0 spiro atoms. The van der Waals surface area contributed by atoms with Crippen LogP contribution in [-0.4, -0.2) is 25.2 Å². The van der Waals surface area contributed by atoms with Gasteiger partial charge in [-0.05, 0) is 50.4 Å². The predicted octanol–water partition coefficient (Wildman–Crippen LogP) is 10.2. The molecule has 4 heteroatoms. The molecule has 0 aliphatic rings. The van der Waals surface area contributed by atoms with Crippen molar-refractivity contribution in [3.8, 4) is 0 Å².